The molecule has 20 heavy (non-hydrogen) atoms. The Labute approximate surface area is 114 Å². The van der Waals surface area contributed by atoms with Crippen LogP contribution in [-0.2, 0) is 11.2 Å². The Morgan fingerprint density at radius 2 is 1.95 bits per heavy atom. The average Bonchev–Trinajstić information content (AvgIpc) is 2.90. The lowest BCUT2D eigenvalue weighted by molar-refractivity contribution is -0.128. The largest absolute Gasteiger partial charge is 0.456 e. The molecule has 2 heterocycles. The van der Waals surface area contributed by atoms with Crippen molar-refractivity contribution in [3.8, 4) is 17.1 Å². The van der Waals surface area contributed by atoms with E-state index in [9.17, 15) is 4.79 Å². The molecular weight excluding hydrogens is 254 g/mol. The predicted molar refractivity (Wildman–Crippen MR) is 74.1 cm³/mol. The van der Waals surface area contributed by atoms with Crippen LogP contribution in [0.25, 0.3) is 22.3 Å². The number of amides is 1. The second kappa shape index (κ2) is 4.13. The van der Waals surface area contributed by atoms with E-state index in [0.29, 0.717) is 12.2 Å². The van der Waals surface area contributed by atoms with Gasteiger partial charge in [-0.2, -0.15) is 5.48 Å². The van der Waals surface area contributed by atoms with E-state index in [1.54, 1.807) is 0 Å². The van der Waals surface area contributed by atoms with Gasteiger partial charge in [-0.3, -0.25) is 4.79 Å². The van der Waals surface area contributed by atoms with E-state index in [1.807, 2.05) is 48.5 Å². The summed E-state index contributed by atoms with van der Waals surface area (Å²) in [7, 11) is 0. The Morgan fingerprint density at radius 1 is 1.05 bits per heavy atom. The Balaban J connectivity index is 1.92. The monoisotopic (exact) mass is 265 g/mol. The number of carbonyl (C=O) groups excluding carboxylic acids is 1. The third-order valence-corrected chi connectivity index (χ3v) is 3.44. The number of benzene rings is 2. The van der Waals surface area contributed by atoms with Crippen LogP contribution >= 0.6 is 0 Å². The molecule has 0 aliphatic carbocycles. The molecule has 0 radical (unpaired) electrons. The summed E-state index contributed by atoms with van der Waals surface area (Å²) in [5, 5.41) is 1.04. The van der Waals surface area contributed by atoms with E-state index in [4.69, 9.17) is 9.25 Å². The first kappa shape index (κ1) is 11.1. The fraction of sp³-hybridized carbons (Fsp3) is 0.0625. The van der Waals surface area contributed by atoms with Gasteiger partial charge < -0.3 is 9.25 Å². The van der Waals surface area contributed by atoms with Gasteiger partial charge in [-0.25, -0.2) is 0 Å². The van der Waals surface area contributed by atoms with Crippen LogP contribution in [0.3, 0.4) is 0 Å². The lowest BCUT2D eigenvalue weighted by Gasteiger charge is -2.18. The molecule has 98 valence electrons. The SMILES string of the molecule is O=C1Cc2c(cccc2-c2cc3ccccc3o2)ON1. The maximum atomic E-state index is 11.5. The van der Waals surface area contributed by atoms with Gasteiger partial charge in [-0.1, -0.05) is 30.3 Å². The number of furan rings is 1. The highest BCUT2D eigenvalue weighted by Crippen LogP contribution is 2.35. The van der Waals surface area contributed by atoms with Crippen molar-refractivity contribution in [1.82, 2.24) is 5.48 Å². The van der Waals surface area contributed by atoms with Gasteiger partial charge in [0, 0.05) is 16.5 Å². The summed E-state index contributed by atoms with van der Waals surface area (Å²) in [5.74, 6) is 1.27. The zero-order chi connectivity index (χ0) is 13.5. The minimum Gasteiger partial charge on any atom is -0.456 e. The smallest absolute Gasteiger partial charge is 0.257 e. The molecule has 0 saturated heterocycles. The van der Waals surface area contributed by atoms with Crippen molar-refractivity contribution in [1.29, 1.82) is 0 Å². The first-order chi connectivity index (χ1) is 9.81. The van der Waals surface area contributed by atoms with Crippen molar-refractivity contribution in [3.63, 3.8) is 0 Å². The topological polar surface area (TPSA) is 51.5 Å². The molecule has 4 rings (SSSR count). The molecule has 4 heteroatoms. The molecule has 3 aromatic rings. The number of para-hydroxylation sites is 1. The van der Waals surface area contributed by atoms with Crippen LogP contribution in [0.4, 0.5) is 0 Å². The van der Waals surface area contributed by atoms with Gasteiger partial charge in [0.2, 0.25) is 0 Å². The predicted octanol–water partition coefficient (Wildman–Crippen LogP) is 3.07. The summed E-state index contributed by atoms with van der Waals surface area (Å²) in [6.07, 6.45) is 0.294. The molecule has 0 saturated carbocycles. The van der Waals surface area contributed by atoms with Crippen LogP contribution in [-0.4, -0.2) is 5.91 Å². The molecule has 1 amide bonds. The highest BCUT2D eigenvalue weighted by molar-refractivity contribution is 5.87. The molecular formula is C16H11NO3. The number of carbonyl (C=O) groups is 1. The van der Waals surface area contributed by atoms with Gasteiger partial charge in [0.05, 0.1) is 6.42 Å². The van der Waals surface area contributed by atoms with E-state index < -0.39 is 0 Å². The van der Waals surface area contributed by atoms with Crippen LogP contribution in [0.2, 0.25) is 0 Å². The lowest BCUT2D eigenvalue weighted by Crippen LogP contribution is -2.33. The van der Waals surface area contributed by atoms with Crippen molar-refractivity contribution < 1.29 is 14.0 Å². The third kappa shape index (κ3) is 1.66. The molecule has 2 aromatic carbocycles. The summed E-state index contributed by atoms with van der Waals surface area (Å²) < 4.78 is 5.87. The van der Waals surface area contributed by atoms with E-state index in [-0.39, 0.29) is 5.91 Å². The van der Waals surface area contributed by atoms with E-state index >= 15 is 0 Å². The molecule has 0 bridgehead atoms. The molecule has 0 spiro atoms. The number of hydroxylamine groups is 1. The van der Waals surface area contributed by atoms with Crippen molar-refractivity contribution >= 4 is 16.9 Å². The Hall–Kier alpha value is -2.75. The van der Waals surface area contributed by atoms with Gasteiger partial charge in [0.15, 0.2) is 5.75 Å². The summed E-state index contributed by atoms with van der Waals surface area (Å²) in [6, 6.07) is 15.5. The average molecular weight is 265 g/mol. The highest BCUT2D eigenvalue weighted by atomic mass is 16.7. The third-order valence-electron chi connectivity index (χ3n) is 3.44. The zero-order valence-corrected chi connectivity index (χ0v) is 10.6. The fourth-order valence-corrected chi connectivity index (χ4v) is 2.50. The van der Waals surface area contributed by atoms with Crippen LogP contribution < -0.4 is 10.3 Å². The summed E-state index contributed by atoms with van der Waals surface area (Å²) in [5.41, 5.74) is 4.96. The molecule has 1 aliphatic heterocycles. The molecule has 1 aromatic heterocycles. The molecule has 0 atom stereocenters. The van der Waals surface area contributed by atoms with Crippen LogP contribution in [0, 0.1) is 0 Å². The second-order valence-corrected chi connectivity index (χ2v) is 4.73. The molecule has 0 fully saturated rings. The van der Waals surface area contributed by atoms with E-state index in [0.717, 1.165) is 27.9 Å². The van der Waals surface area contributed by atoms with E-state index in [1.165, 1.54) is 0 Å². The van der Waals surface area contributed by atoms with Gasteiger partial charge in [-0.15, -0.1) is 0 Å². The van der Waals surface area contributed by atoms with Crippen molar-refractivity contribution in [2.45, 2.75) is 6.42 Å². The van der Waals surface area contributed by atoms with Crippen molar-refractivity contribution in [2.75, 3.05) is 0 Å². The quantitative estimate of drug-likeness (QED) is 0.735. The highest BCUT2D eigenvalue weighted by Gasteiger charge is 2.21. The standard InChI is InChI=1S/C16H11NO3/c18-16-9-12-11(5-3-7-14(12)20-17-16)15-8-10-4-1-2-6-13(10)19-15/h1-8H,9H2,(H,17,18). The maximum Gasteiger partial charge on any atom is 0.257 e. The first-order valence-electron chi connectivity index (χ1n) is 6.38. The zero-order valence-electron chi connectivity index (χ0n) is 10.6. The Bertz CT molecular complexity index is 786. The van der Waals surface area contributed by atoms with Crippen LogP contribution in [0.5, 0.6) is 5.75 Å². The lowest BCUT2D eigenvalue weighted by atomic mass is 10.00. The summed E-state index contributed by atoms with van der Waals surface area (Å²) in [6.45, 7) is 0. The van der Waals surface area contributed by atoms with Crippen molar-refractivity contribution in [3.05, 3.63) is 54.1 Å². The van der Waals surface area contributed by atoms with Gasteiger partial charge in [0.1, 0.15) is 11.3 Å². The van der Waals surface area contributed by atoms with Crippen molar-refractivity contribution in [2.24, 2.45) is 0 Å². The molecule has 4 nitrogen and oxygen atoms in total. The number of hydrogen-bond donors (Lipinski definition) is 1. The fourth-order valence-electron chi connectivity index (χ4n) is 2.50. The molecule has 0 unspecified atom stereocenters. The van der Waals surface area contributed by atoms with Crippen LogP contribution in [0.15, 0.2) is 52.9 Å². The Morgan fingerprint density at radius 3 is 2.85 bits per heavy atom. The normalized spacial score (nSPS) is 13.7. The number of rotatable bonds is 1. The number of nitrogens with one attached hydrogen (secondary N) is 1. The Kier molecular flexibility index (Phi) is 2.29. The van der Waals surface area contributed by atoms with Crippen LogP contribution in [0.1, 0.15) is 5.56 Å². The van der Waals surface area contributed by atoms with Gasteiger partial charge in [0.25, 0.3) is 5.91 Å². The second-order valence-electron chi connectivity index (χ2n) is 4.73. The van der Waals surface area contributed by atoms with E-state index in [2.05, 4.69) is 5.48 Å². The van der Waals surface area contributed by atoms with Gasteiger partial charge in [-0.05, 0) is 18.2 Å². The minimum atomic E-state index is -0.152. The maximum absolute atomic E-state index is 11.5. The summed E-state index contributed by atoms with van der Waals surface area (Å²) in [4.78, 5) is 16.7. The number of hydrogen-bond acceptors (Lipinski definition) is 3. The first-order valence-corrected chi connectivity index (χ1v) is 6.38. The summed E-state index contributed by atoms with van der Waals surface area (Å²) >= 11 is 0. The molecule has 1 aliphatic rings. The minimum absolute atomic E-state index is 0.152. The van der Waals surface area contributed by atoms with Gasteiger partial charge >= 0.3 is 0 Å². The number of fused-ring (bicyclic) bond motifs is 2. The molecule has 1 N–H and O–H groups in total.